The third kappa shape index (κ3) is 5.20. The summed E-state index contributed by atoms with van der Waals surface area (Å²) in [6.45, 7) is 2.71. The first-order valence-electron chi connectivity index (χ1n) is 6.69. The first-order chi connectivity index (χ1) is 11.6. The van der Waals surface area contributed by atoms with Gasteiger partial charge in [0, 0.05) is 13.8 Å². The fraction of sp³-hybridized carbons (Fsp3) is 0.200. The van der Waals surface area contributed by atoms with E-state index in [1.54, 1.807) is 0 Å². The lowest BCUT2D eigenvalue weighted by Crippen LogP contribution is -2.03. The van der Waals surface area contributed by atoms with Gasteiger partial charge in [-0.1, -0.05) is 23.2 Å². The molecule has 0 unspecified atom stereocenters. The van der Waals surface area contributed by atoms with Crippen LogP contribution in [-0.2, 0) is 4.74 Å². The Balaban J connectivity index is 0.000000251. The summed E-state index contributed by atoms with van der Waals surface area (Å²) in [6, 6.07) is 2.70. The van der Waals surface area contributed by atoms with Crippen molar-refractivity contribution in [2.24, 2.45) is 0 Å². The number of rotatable bonds is 4. The highest BCUT2D eigenvalue weighted by Crippen LogP contribution is 2.18. The molecule has 0 saturated carbocycles. The number of nitrogens with one attached hydrogen (secondary N) is 2. The second-order valence-corrected chi connectivity index (χ2v) is 5.54. The maximum atomic E-state index is 11.0. The van der Waals surface area contributed by atoms with Gasteiger partial charge in [0.15, 0.2) is 11.6 Å². The highest BCUT2D eigenvalue weighted by Gasteiger charge is 2.16. The molecule has 0 radical (unpaired) electrons. The van der Waals surface area contributed by atoms with Gasteiger partial charge in [-0.25, -0.2) is 9.59 Å². The molecule has 2 aromatic rings. The van der Waals surface area contributed by atoms with Crippen molar-refractivity contribution in [1.29, 1.82) is 0 Å². The topological polar surface area (TPSA) is 129 Å². The predicted molar refractivity (Wildman–Crippen MR) is 89.9 cm³/mol. The number of carbonyl (C=O) groups is 4. The summed E-state index contributed by atoms with van der Waals surface area (Å²) >= 11 is 11.2. The molecule has 0 aliphatic heterocycles. The average molecular weight is 389 g/mol. The van der Waals surface area contributed by atoms with E-state index in [-0.39, 0.29) is 38.7 Å². The second-order valence-electron chi connectivity index (χ2n) is 4.72. The largest absolute Gasteiger partial charge is 0.477 e. The van der Waals surface area contributed by atoms with E-state index in [2.05, 4.69) is 14.7 Å². The normalized spacial score (nSPS) is 9.80. The number of hydrogen-bond acceptors (Lipinski definition) is 5. The van der Waals surface area contributed by atoms with Gasteiger partial charge in [0.25, 0.3) is 0 Å². The van der Waals surface area contributed by atoms with Crippen LogP contribution in [0.4, 0.5) is 0 Å². The fourth-order valence-electron chi connectivity index (χ4n) is 1.64. The van der Waals surface area contributed by atoms with Gasteiger partial charge < -0.3 is 19.8 Å². The van der Waals surface area contributed by atoms with Crippen molar-refractivity contribution in [2.75, 3.05) is 7.11 Å². The number of Topliss-reactive ketones (excluding diaryl/α,β-unsaturated/α-hetero) is 2. The minimum Gasteiger partial charge on any atom is -0.477 e. The van der Waals surface area contributed by atoms with E-state index in [9.17, 15) is 19.2 Å². The van der Waals surface area contributed by atoms with Crippen LogP contribution in [0.1, 0.15) is 55.8 Å². The third-order valence-electron chi connectivity index (χ3n) is 2.90. The van der Waals surface area contributed by atoms with E-state index in [1.165, 1.54) is 33.1 Å². The molecule has 0 fully saturated rings. The molecule has 0 spiro atoms. The van der Waals surface area contributed by atoms with E-state index in [0.29, 0.717) is 5.69 Å². The zero-order valence-electron chi connectivity index (χ0n) is 13.4. The Morgan fingerprint density at radius 3 is 1.60 bits per heavy atom. The highest BCUT2D eigenvalue weighted by molar-refractivity contribution is 6.34. The standard InChI is InChI=1S/C8H8ClNO3.C7H6ClNO3/c1-4(11)6-3-5(9)7(10-6)8(12)13-2;1-3(10)5-2-4(8)6(9-5)7(11)12/h3,10H,1-2H3;2,9H,1H3,(H,11,12). The van der Waals surface area contributed by atoms with Crippen LogP contribution < -0.4 is 0 Å². The van der Waals surface area contributed by atoms with Crippen LogP contribution in [0, 0.1) is 0 Å². The molecule has 2 rings (SSSR count). The Bertz CT molecular complexity index is 837. The minimum absolute atomic E-state index is 0.0488. The van der Waals surface area contributed by atoms with Crippen LogP contribution in [0.25, 0.3) is 0 Å². The van der Waals surface area contributed by atoms with E-state index in [4.69, 9.17) is 28.3 Å². The first-order valence-corrected chi connectivity index (χ1v) is 7.44. The number of aromatic nitrogens is 2. The third-order valence-corrected chi connectivity index (χ3v) is 3.50. The molecule has 0 aliphatic rings. The monoisotopic (exact) mass is 388 g/mol. The molecule has 0 bridgehead atoms. The number of halogens is 2. The smallest absolute Gasteiger partial charge is 0.356 e. The Labute approximate surface area is 152 Å². The van der Waals surface area contributed by atoms with Crippen molar-refractivity contribution in [2.45, 2.75) is 13.8 Å². The van der Waals surface area contributed by atoms with E-state index in [1.807, 2.05) is 0 Å². The lowest BCUT2D eigenvalue weighted by molar-refractivity contribution is 0.0594. The molecule has 0 saturated heterocycles. The average Bonchev–Trinajstić information content (AvgIpc) is 3.10. The quantitative estimate of drug-likeness (QED) is 0.544. The van der Waals surface area contributed by atoms with Crippen LogP contribution in [0.2, 0.25) is 10.0 Å². The zero-order valence-corrected chi connectivity index (χ0v) is 14.9. The number of ketones is 2. The SMILES string of the molecule is CC(=O)c1cc(Cl)c(C(=O)O)[nH]1.COC(=O)c1[nH]c(C(C)=O)cc1Cl. The molecule has 2 heterocycles. The minimum atomic E-state index is -1.17. The molecule has 2 aromatic heterocycles. The summed E-state index contributed by atoms with van der Waals surface area (Å²) in [5, 5.41) is 8.77. The van der Waals surface area contributed by atoms with Crippen LogP contribution in [0.3, 0.4) is 0 Å². The van der Waals surface area contributed by atoms with Gasteiger partial charge in [-0.15, -0.1) is 0 Å². The van der Waals surface area contributed by atoms with Gasteiger partial charge in [0.2, 0.25) is 0 Å². The maximum absolute atomic E-state index is 11.0. The number of aromatic carboxylic acids is 1. The van der Waals surface area contributed by atoms with Gasteiger partial charge in [-0.2, -0.15) is 0 Å². The molecule has 0 aliphatic carbocycles. The summed E-state index contributed by atoms with van der Waals surface area (Å²) in [5.74, 6) is -2.19. The number of methoxy groups -OCH3 is 1. The molecular formula is C15H14Cl2N2O6. The van der Waals surface area contributed by atoms with Crippen LogP contribution >= 0.6 is 23.2 Å². The van der Waals surface area contributed by atoms with Crippen molar-refractivity contribution < 1.29 is 29.0 Å². The van der Waals surface area contributed by atoms with Crippen molar-refractivity contribution in [1.82, 2.24) is 9.97 Å². The molecule has 25 heavy (non-hydrogen) atoms. The van der Waals surface area contributed by atoms with E-state index < -0.39 is 11.9 Å². The molecule has 134 valence electrons. The maximum Gasteiger partial charge on any atom is 0.356 e. The summed E-state index contributed by atoms with van der Waals surface area (Å²) in [6.07, 6.45) is 0. The van der Waals surface area contributed by atoms with Gasteiger partial charge in [0.05, 0.1) is 28.5 Å². The van der Waals surface area contributed by atoms with Crippen molar-refractivity contribution in [3.63, 3.8) is 0 Å². The van der Waals surface area contributed by atoms with Crippen LogP contribution in [-0.4, -0.2) is 45.7 Å². The van der Waals surface area contributed by atoms with Gasteiger partial charge in [-0.05, 0) is 12.1 Å². The van der Waals surface area contributed by atoms with E-state index in [0.717, 1.165) is 0 Å². The number of carboxylic acid groups (broad SMARTS) is 1. The lowest BCUT2D eigenvalue weighted by Gasteiger charge is -1.94. The molecule has 0 aromatic carbocycles. The molecule has 0 atom stereocenters. The number of carboxylic acids is 1. The van der Waals surface area contributed by atoms with Gasteiger partial charge in [-0.3, -0.25) is 9.59 Å². The van der Waals surface area contributed by atoms with Crippen molar-refractivity contribution >= 4 is 46.7 Å². The fourth-order valence-corrected chi connectivity index (χ4v) is 2.11. The Morgan fingerprint density at radius 1 is 0.920 bits per heavy atom. The second kappa shape index (κ2) is 8.50. The molecule has 3 N–H and O–H groups in total. The summed E-state index contributed by atoms with van der Waals surface area (Å²) < 4.78 is 4.44. The van der Waals surface area contributed by atoms with Crippen LogP contribution in [0.5, 0.6) is 0 Å². The summed E-state index contributed by atoms with van der Waals surface area (Å²) in [5.41, 5.74) is 0.457. The van der Waals surface area contributed by atoms with Crippen molar-refractivity contribution in [3.05, 3.63) is 45.0 Å². The number of H-pyrrole nitrogens is 2. The number of hydrogen-bond donors (Lipinski definition) is 3. The Morgan fingerprint density at radius 2 is 1.32 bits per heavy atom. The summed E-state index contributed by atoms with van der Waals surface area (Å²) in [7, 11) is 1.24. The predicted octanol–water partition coefficient (Wildman–Crippen LogP) is 3.23. The number of ether oxygens (including phenoxy) is 1. The first kappa shape index (κ1) is 20.5. The number of aromatic amines is 2. The number of carbonyl (C=O) groups excluding carboxylic acids is 3. The van der Waals surface area contributed by atoms with Crippen LogP contribution in [0.15, 0.2) is 12.1 Å². The Kier molecular flexibility index (Phi) is 6.96. The van der Waals surface area contributed by atoms with E-state index >= 15 is 0 Å². The lowest BCUT2D eigenvalue weighted by atomic mass is 10.3. The van der Waals surface area contributed by atoms with Gasteiger partial charge >= 0.3 is 11.9 Å². The summed E-state index contributed by atoms with van der Waals surface area (Å²) in [4.78, 5) is 48.1. The Hall–Kier alpha value is -2.58. The molecular weight excluding hydrogens is 375 g/mol. The number of esters is 1. The molecule has 10 heteroatoms. The molecule has 8 nitrogen and oxygen atoms in total. The van der Waals surface area contributed by atoms with Crippen molar-refractivity contribution in [3.8, 4) is 0 Å². The highest BCUT2D eigenvalue weighted by atomic mass is 35.5. The van der Waals surface area contributed by atoms with Gasteiger partial charge in [0.1, 0.15) is 11.4 Å². The zero-order chi connectivity index (χ0) is 19.3. The molecule has 0 amide bonds.